The van der Waals surface area contributed by atoms with Gasteiger partial charge in [-0.25, -0.2) is 0 Å². The molecule has 0 radical (unpaired) electrons. The first-order chi connectivity index (χ1) is 7.52. The van der Waals surface area contributed by atoms with Crippen molar-refractivity contribution in [1.82, 2.24) is 4.98 Å². The molecule has 2 rings (SSSR count). The summed E-state index contributed by atoms with van der Waals surface area (Å²) in [6.45, 7) is 0. The van der Waals surface area contributed by atoms with E-state index in [1.54, 1.807) is 12.1 Å². The van der Waals surface area contributed by atoms with Crippen LogP contribution in [0.5, 0.6) is 0 Å². The summed E-state index contributed by atoms with van der Waals surface area (Å²) in [5.41, 5.74) is -0.185. The van der Waals surface area contributed by atoms with E-state index in [0.29, 0.717) is 17.4 Å². The van der Waals surface area contributed by atoms with Crippen LogP contribution in [0.1, 0.15) is 11.3 Å². The Kier molecular flexibility index (Phi) is 2.46. The second kappa shape index (κ2) is 3.66. The van der Waals surface area contributed by atoms with Gasteiger partial charge in [-0.1, -0.05) is 12.1 Å². The molecule has 84 valence electrons. The van der Waals surface area contributed by atoms with Crippen molar-refractivity contribution >= 4 is 17.2 Å². The van der Waals surface area contributed by atoms with Gasteiger partial charge in [-0.05, 0) is 12.1 Å². The molecule has 0 fully saturated rings. The zero-order valence-electron chi connectivity index (χ0n) is 8.14. The maximum atomic E-state index is 12.6. The minimum absolute atomic E-state index is 0.0341. The van der Waals surface area contributed by atoms with Crippen LogP contribution in [0.25, 0.3) is 10.9 Å². The molecule has 0 bridgehead atoms. The number of fused-ring (bicyclic) bond motifs is 1. The van der Waals surface area contributed by atoms with Gasteiger partial charge in [0.1, 0.15) is 6.29 Å². The average molecular weight is 227 g/mol. The molecule has 16 heavy (non-hydrogen) atoms. The van der Waals surface area contributed by atoms with Crippen molar-refractivity contribution in [2.45, 2.75) is 12.6 Å². The van der Waals surface area contributed by atoms with Crippen molar-refractivity contribution in [3.63, 3.8) is 0 Å². The topological polar surface area (TPSA) is 32.9 Å². The van der Waals surface area contributed by atoms with E-state index >= 15 is 0 Å². The molecule has 0 spiro atoms. The van der Waals surface area contributed by atoms with Crippen molar-refractivity contribution in [2.24, 2.45) is 0 Å². The molecule has 1 heterocycles. The Morgan fingerprint density at radius 3 is 2.69 bits per heavy atom. The number of alkyl halides is 3. The van der Waals surface area contributed by atoms with Crippen LogP contribution in [0.2, 0.25) is 0 Å². The predicted molar refractivity (Wildman–Crippen MR) is 53.1 cm³/mol. The summed E-state index contributed by atoms with van der Waals surface area (Å²) >= 11 is 0. The number of hydrogen-bond donors (Lipinski definition) is 1. The molecule has 5 heteroatoms. The maximum absolute atomic E-state index is 12.6. The molecule has 0 unspecified atom stereocenters. The molecule has 0 aliphatic rings. The lowest BCUT2D eigenvalue weighted by Crippen LogP contribution is -2.05. The Bertz CT molecular complexity index is 527. The first kappa shape index (κ1) is 10.7. The normalized spacial score (nSPS) is 11.9. The number of nitrogens with one attached hydrogen (secondary N) is 1. The summed E-state index contributed by atoms with van der Waals surface area (Å²) in [4.78, 5) is 12.9. The number of carbonyl (C=O) groups is 1. The van der Waals surface area contributed by atoms with Crippen LogP contribution in [-0.2, 0) is 17.4 Å². The van der Waals surface area contributed by atoms with Crippen LogP contribution in [0, 0.1) is 0 Å². The second-order valence-corrected chi connectivity index (χ2v) is 3.43. The minimum Gasteiger partial charge on any atom is -0.358 e. The molecule has 0 aliphatic carbocycles. The van der Waals surface area contributed by atoms with Gasteiger partial charge in [0.05, 0.1) is 11.1 Å². The van der Waals surface area contributed by atoms with Crippen LogP contribution in [0.4, 0.5) is 13.2 Å². The fraction of sp³-hybridized carbons (Fsp3) is 0.182. The molecule has 0 aliphatic heterocycles. The second-order valence-electron chi connectivity index (χ2n) is 3.43. The highest BCUT2D eigenvalue weighted by Gasteiger charge is 2.32. The minimum atomic E-state index is -4.39. The Balaban J connectivity index is 2.63. The molecule has 0 saturated carbocycles. The molecule has 2 nitrogen and oxygen atoms in total. The largest absolute Gasteiger partial charge is 0.418 e. The third kappa shape index (κ3) is 1.80. The van der Waals surface area contributed by atoms with Gasteiger partial charge in [-0.15, -0.1) is 0 Å². The van der Waals surface area contributed by atoms with E-state index in [1.807, 2.05) is 0 Å². The summed E-state index contributed by atoms with van der Waals surface area (Å²) in [6.07, 6.45) is -3.65. The summed E-state index contributed by atoms with van der Waals surface area (Å²) in [5, 5.41) is 0.465. The fourth-order valence-electron chi connectivity index (χ4n) is 1.65. The monoisotopic (exact) mass is 227 g/mol. The van der Waals surface area contributed by atoms with Crippen LogP contribution in [0.3, 0.4) is 0 Å². The molecule has 1 aromatic heterocycles. The lowest BCUT2D eigenvalue weighted by Gasteiger charge is -2.07. The van der Waals surface area contributed by atoms with E-state index < -0.39 is 11.7 Å². The lowest BCUT2D eigenvalue weighted by molar-refractivity contribution is -0.136. The zero-order chi connectivity index (χ0) is 11.8. The molecule has 2 aromatic rings. The molecule has 1 N–H and O–H groups in total. The number of carbonyl (C=O) groups excluding carboxylic acids is 1. The highest BCUT2D eigenvalue weighted by molar-refractivity contribution is 5.84. The summed E-state index contributed by atoms with van der Waals surface area (Å²) in [5.74, 6) is 0. The zero-order valence-corrected chi connectivity index (χ0v) is 8.14. The summed E-state index contributed by atoms with van der Waals surface area (Å²) in [7, 11) is 0. The summed E-state index contributed by atoms with van der Waals surface area (Å²) < 4.78 is 37.9. The van der Waals surface area contributed by atoms with Gasteiger partial charge in [0.25, 0.3) is 0 Å². The Morgan fingerprint density at radius 1 is 1.31 bits per heavy atom. The van der Waals surface area contributed by atoms with Crippen LogP contribution in [-0.4, -0.2) is 11.3 Å². The van der Waals surface area contributed by atoms with Gasteiger partial charge in [0.2, 0.25) is 0 Å². The van der Waals surface area contributed by atoms with E-state index in [1.165, 1.54) is 6.07 Å². The van der Waals surface area contributed by atoms with E-state index in [-0.39, 0.29) is 11.9 Å². The highest BCUT2D eigenvalue weighted by Crippen LogP contribution is 2.34. The molecule has 1 aromatic carbocycles. The number of halogens is 3. The number of aromatic nitrogens is 1. The Labute approximate surface area is 89.1 Å². The van der Waals surface area contributed by atoms with E-state index in [4.69, 9.17) is 0 Å². The quantitative estimate of drug-likeness (QED) is 0.786. The van der Waals surface area contributed by atoms with Crippen molar-refractivity contribution < 1.29 is 18.0 Å². The smallest absolute Gasteiger partial charge is 0.358 e. The van der Waals surface area contributed by atoms with Crippen molar-refractivity contribution in [3.05, 3.63) is 35.5 Å². The van der Waals surface area contributed by atoms with Crippen molar-refractivity contribution in [1.29, 1.82) is 0 Å². The Morgan fingerprint density at radius 2 is 2.06 bits per heavy atom. The maximum Gasteiger partial charge on any atom is 0.418 e. The number of para-hydroxylation sites is 1. The fourth-order valence-corrected chi connectivity index (χ4v) is 1.65. The van der Waals surface area contributed by atoms with Gasteiger partial charge in [0.15, 0.2) is 0 Å². The van der Waals surface area contributed by atoms with Gasteiger partial charge in [-0.2, -0.15) is 13.2 Å². The third-order valence-electron chi connectivity index (χ3n) is 2.32. The van der Waals surface area contributed by atoms with Crippen LogP contribution in [0.15, 0.2) is 24.3 Å². The van der Waals surface area contributed by atoms with E-state index in [9.17, 15) is 18.0 Å². The number of benzene rings is 1. The predicted octanol–water partition coefficient (Wildman–Crippen LogP) is 2.93. The number of H-pyrrole nitrogens is 1. The molecular formula is C11H8F3NO. The molecular weight excluding hydrogens is 219 g/mol. The van der Waals surface area contributed by atoms with Gasteiger partial charge < -0.3 is 9.78 Å². The highest BCUT2D eigenvalue weighted by atomic mass is 19.4. The number of aldehydes is 1. The molecule has 0 saturated heterocycles. The first-order valence-corrected chi connectivity index (χ1v) is 4.64. The van der Waals surface area contributed by atoms with Gasteiger partial charge >= 0.3 is 6.18 Å². The van der Waals surface area contributed by atoms with E-state index in [0.717, 1.165) is 6.07 Å². The van der Waals surface area contributed by atoms with Crippen molar-refractivity contribution in [3.8, 4) is 0 Å². The molecule has 0 amide bonds. The SMILES string of the molecule is O=CCc1cc2cccc(C(F)(F)F)c2[nH]1. The Hall–Kier alpha value is -1.78. The average Bonchev–Trinajstić information content (AvgIpc) is 2.58. The third-order valence-corrected chi connectivity index (χ3v) is 2.32. The first-order valence-electron chi connectivity index (χ1n) is 4.64. The molecule has 0 atom stereocenters. The van der Waals surface area contributed by atoms with Crippen molar-refractivity contribution in [2.75, 3.05) is 0 Å². The summed E-state index contributed by atoms with van der Waals surface area (Å²) in [6, 6.07) is 5.50. The number of aromatic amines is 1. The lowest BCUT2D eigenvalue weighted by atomic mass is 10.1. The van der Waals surface area contributed by atoms with Gasteiger partial charge in [0, 0.05) is 17.5 Å². The van der Waals surface area contributed by atoms with Gasteiger partial charge in [-0.3, -0.25) is 0 Å². The van der Waals surface area contributed by atoms with Crippen LogP contribution < -0.4 is 0 Å². The number of hydrogen-bond acceptors (Lipinski definition) is 1. The van der Waals surface area contributed by atoms with E-state index in [2.05, 4.69) is 4.98 Å². The van der Waals surface area contributed by atoms with Crippen LogP contribution >= 0.6 is 0 Å². The standard InChI is InChI=1S/C11H8F3NO/c12-11(13,14)9-3-1-2-7-6-8(4-5-16)15-10(7)9/h1-3,5-6,15H,4H2. The number of rotatable bonds is 2.